The van der Waals surface area contributed by atoms with Crippen molar-refractivity contribution < 1.29 is 9.84 Å². The number of benzene rings is 1. The van der Waals surface area contributed by atoms with Crippen molar-refractivity contribution in [1.82, 2.24) is 9.55 Å². The van der Waals surface area contributed by atoms with Gasteiger partial charge in [0.1, 0.15) is 5.75 Å². The Hall–Kier alpha value is -1.81. The SMILES string of the molecule is O[C@@H]1CCc2cc(OCCCn3ccnc3)ccc21. The Morgan fingerprint density at radius 3 is 3.21 bits per heavy atom. The molecular weight excluding hydrogens is 240 g/mol. The molecule has 4 nitrogen and oxygen atoms in total. The summed E-state index contributed by atoms with van der Waals surface area (Å²) < 4.78 is 7.79. The van der Waals surface area contributed by atoms with Crippen LogP contribution in [0.1, 0.15) is 30.1 Å². The Bertz CT molecular complexity index is 537. The Morgan fingerprint density at radius 2 is 2.37 bits per heavy atom. The lowest BCUT2D eigenvalue weighted by atomic mass is 10.1. The first-order chi connectivity index (χ1) is 9.33. The van der Waals surface area contributed by atoms with Crippen LogP contribution in [0.4, 0.5) is 0 Å². The van der Waals surface area contributed by atoms with Crippen molar-refractivity contribution in [2.75, 3.05) is 6.61 Å². The Kier molecular flexibility index (Phi) is 3.51. The molecule has 1 aromatic carbocycles. The molecule has 4 heteroatoms. The van der Waals surface area contributed by atoms with Crippen molar-refractivity contribution in [3.05, 3.63) is 48.0 Å². The molecule has 1 aliphatic carbocycles. The average molecular weight is 258 g/mol. The number of aryl methyl sites for hydroxylation is 2. The third-order valence-electron chi connectivity index (χ3n) is 3.55. The molecule has 1 heterocycles. The van der Waals surface area contributed by atoms with Crippen LogP contribution in [0.3, 0.4) is 0 Å². The first kappa shape index (κ1) is 12.2. The quantitative estimate of drug-likeness (QED) is 0.837. The van der Waals surface area contributed by atoms with Crippen molar-refractivity contribution in [3.63, 3.8) is 0 Å². The highest BCUT2D eigenvalue weighted by atomic mass is 16.5. The van der Waals surface area contributed by atoms with Crippen LogP contribution in [0.5, 0.6) is 5.75 Å². The first-order valence-corrected chi connectivity index (χ1v) is 6.72. The molecule has 1 aromatic heterocycles. The lowest BCUT2D eigenvalue weighted by molar-refractivity contribution is 0.180. The number of imidazole rings is 1. The van der Waals surface area contributed by atoms with Crippen LogP contribution in [0.25, 0.3) is 0 Å². The highest BCUT2D eigenvalue weighted by Crippen LogP contribution is 2.33. The van der Waals surface area contributed by atoms with Crippen LogP contribution in [0.2, 0.25) is 0 Å². The van der Waals surface area contributed by atoms with Crippen molar-refractivity contribution >= 4 is 0 Å². The fourth-order valence-electron chi connectivity index (χ4n) is 2.52. The molecule has 3 rings (SSSR count). The fraction of sp³-hybridized carbons (Fsp3) is 0.400. The number of nitrogens with zero attached hydrogens (tertiary/aromatic N) is 2. The number of ether oxygens (including phenoxy) is 1. The van der Waals surface area contributed by atoms with E-state index in [-0.39, 0.29) is 6.10 Å². The van der Waals surface area contributed by atoms with Crippen LogP contribution in [0.15, 0.2) is 36.9 Å². The number of aromatic nitrogens is 2. The van der Waals surface area contributed by atoms with E-state index in [0.717, 1.165) is 37.1 Å². The van der Waals surface area contributed by atoms with E-state index in [0.29, 0.717) is 6.61 Å². The summed E-state index contributed by atoms with van der Waals surface area (Å²) in [5.74, 6) is 0.901. The van der Waals surface area contributed by atoms with Gasteiger partial charge >= 0.3 is 0 Å². The molecule has 0 fully saturated rings. The van der Waals surface area contributed by atoms with E-state index in [1.165, 1.54) is 5.56 Å². The monoisotopic (exact) mass is 258 g/mol. The largest absolute Gasteiger partial charge is 0.494 e. The number of aliphatic hydroxyl groups is 1. The zero-order valence-corrected chi connectivity index (χ0v) is 10.8. The minimum atomic E-state index is -0.287. The van der Waals surface area contributed by atoms with E-state index in [2.05, 4.69) is 11.1 Å². The number of hydrogen-bond donors (Lipinski definition) is 1. The van der Waals surface area contributed by atoms with Crippen molar-refractivity contribution in [3.8, 4) is 5.75 Å². The second-order valence-electron chi connectivity index (χ2n) is 4.92. The number of fused-ring (bicyclic) bond motifs is 1. The molecule has 0 saturated carbocycles. The molecule has 2 aromatic rings. The zero-order valence-electron chi connectivity index (χ0n) is 10.8. The van der Waals surface area contributed by atoms with E-state index >= 15 is 0 Å². The third kappa shape index (κ3) is 2.79. The average Bonchev–Trinajstić information content (AvgIpc) is 3.05. The summed E-state index contributed by atoms with van der Waals surface area (Å²) in [7, 11) is 0. The molecule has 0 saturated heterocycles. The van der Waals surface area contributed by atoms with Crippen LogP contribution in [0, 0.1) is 0 Å². The van der Waals surface area contributed by atoms with Gasteiger partial charge in [0.25, 0.3) is 0 Å². The van der Waals surface area contributed by atoms with Gasteiger partial charge in [-0.05, 0) is 42.5 Å². The summed E-state index contributed by atoms with van der Waals surface area (Å²) in [5, 5.41) is 9.74. The van der Waals surface area contributed by atoms with E-state index in [1.54, 1.807) is 6.20 Å². The van der Waals surface area contributed by atoms with Gasteiger partial charge in [0, 0.05) is 18.9 Å². The second-order valence-corrected chi connectivity index (χ2v) is 4.92. The molecule has 0 bridgehead atoms. The number of aliphatic hydroxyl groups excluding tert-OH is 1. The minimum absolute atomic E-state index is 0.287. The predicted octanol–water partition coefficient (Wildman–Crippen LogP) is 2.33. The smallest absolute Gasteiger partial charge is 0.119 e. The van der Waals surface area contributed by atoms with E-state index in [9.17, 15) is 5.11 Å². The van der Waals surface area contributed by atoms with Gasteiger partial charge in [0.05, 0.1) is 19.0 Å². The van der Waals surface area contributed by atoms with Crippen molar-refractivity contribution in [2.45, 2.75) is 31.9 Å². The summed E-state index contributed by atoms with van der Waals surface area (Å²) >= 11 is 0. The van der Waals surface area contributed by atoms with Crippen LogP contribution < -0.4 is 4.74 Å². The van der Waals surface area contributed by atoms with Gasteiger partial charge in [-0.15, -0.1) is 0 Å². The molecule has 0 spiro atoms. The summed E-state index contributed by atoms with van der Waals surface area (Å²) in [6.45, 7) is 1.61. The van der Waals surface area contributed by atoms with Gasteiger partial charge < -0.3 is 14.4 Å². The summed E-state index contributed by atoms with van der Waals surface area (Å²) in [5.41, 5.74) is 2.28. The summed E-state index contributed by atoms with van der Waals surface area (Å²) in [4.78, 5) is 4.00. The van der Waals surface area contributed by atoms with Crippen molar-refractivity contribution in [1.29, 1.82) is 0 Å². The van der Waals surface area contributed by atoms with Crippen LogP contribution >= 0.6 is 0 Å². The van der Waals surface area contributed by atoms with Crippen LogP contribution in [-0.4, -0.2) is 21.3 Å². The maximum atomic E-state index is 9.74. The molecule has 100 valence electrons. The molecule has 1 N–H and O–H groups in total. The molecule has 1 aliphatic rings. The standard InChI is InChI=1S/C15H18N2O2/c18-15-5-2-12-10-13(3-4-14(12)15)19-9-1-7-17-8-6-16-11-17/h3-4,6,8,10-11,15,18H,1-2,5,7,9H2/t15-/m1/s1. The predicted molar refractivity (Wildman–Crippen MR) is 72.1 cm³/mol. The minimum Gasteiger partial charge on any atom is -0.494 e. The molecule has 0 aliphatic heterocycles. The van der Waals surface area contributed by atoms with E-state index in [4.69, 9.17) is 4.74 Å². The van der Waals surface area contributed by atoms with Crippen molar-refractivity contribution in [2.24, 2.45) is 0 Å². The summed E-state index contributed by atoms with van der Waals surface area (Å²) in [6, 6.07) is 5.99. The van der Waals surface area contributed by atoms with Gasteiger partial charge in [0.15, 0.2) is 0 Å². The molecule has 0 radical (unpaired) electrons. The van der Waals surface area contributed by atoms with Gasteiger partial charge in [-0.2, -0.15) is 0 Å². The molecular formula is C15H18N2O2. The zero-order chi connectivity index (χ0) is 13.1. The Morgan fingerprint density at radius 1 is 1.42 bits per heavy atom. The lowest BCUT2D eigenvalue weighted by Gasteiger charge is -2.09. The normalized spacial score (nSPS) is 17.4. The highest BCUT2D eigenvalue weighted by molar-refractivity contribution is 5.39. The van der Waals surface area contributed by atoms with Gasteiger partial charge in [0.2, 0.25) is 0 Å². The van der Waals surface area contributed by atoms with E-state index < -0.39 is 0 Å². The number of rotatable bonds is 5. The summed E-state index contributed by atoms with van der Waals surface area (Å²) in [6.07, 6.45) is 8.00. The Balaban J connectivity index is 1.51. The Labute approximate surface area is 112 Å². The maximum Gasteiger partial charge on any atom is 0.119 e. The molecule has 0 amide bonds. The van der Waals surface area contributed by atoms with Crippen LogP contribution in [-0.2, 0) is 13.0 Å². The molecule has 0 unspecified atom stereocenters. The second kappa shape index (κ2) is 5.45. The number of hydrogen-bond acceptors (Lipinski definition) is 3. The first-order valence-electron chi connectivity index (χ1n) is 6.72. The molecule has 1 atom stereocenters. The topological polar surface area (TPSA) is 47.3 Å². The van der Waals surface area contributed by atoms with Gasteiger partial charge in [-0.1, -0.05) is 6.07 Å². The maximum absolute atomic E-state index is 9.74. The van der Waals surface area contributed by atoms with Gasteiger partial charge in [-0.3, -0.25) is 0 Å². The third-order valence-corrected chi connectivity index (χ3v) is 3.55. The van der Waals surface area contributed by atoms with Gasteiger partial charge in [-0.25, -0.2) is 4.98 Å². The van der Waals surface area contributed by atoms with E-state index in [1.807, 2.05) is 29.2 Å². The lowest BCUT2D eigenvalue weighted by Crippen LogP contribution is -2.03. The fourth-order valence-corrected chi connectivity index (χ4v) is 2.52. The molecule has 19 heavy (non-hydrogen) atoms. The highest BCUT2D eigenvalue weighted by Gasteiger charge is 2.20.